The normalized spacial score (nSPS) is 11.6. The first kappa shape index (κ1) is 24.1. The monoisotopic (exact) mass is 483 g/mol. The van der Waals surface area contributed by atoms with Crippen molar-refractivity contribution in [2.75, 3.05) is 6.61 Å². The molecule has 0 fully saturated rings. The third kappa shape index (κ3) is 6.09. The lowest BCUT2D eigenvalue weighted by Gasteiger charge is -2.16. The summed E-state index contributed by atoms with van der Waals surface area (Å²) in [6, 6.07) is 9.32. The van der Waals surface area contributed by atoms with Gasteiger partial charge in [-0.15, -0.1) is 15.3 Å². The maximum Gasteiger partial charge on any atom is 0.316 e. The van der Waals surface area contributed by atoms with Gasteiger partial charge in [0.15, 0.2) is 0 Å². The first-order valence-electron chi connectivity index (χ1n) is 10.6. The van der Waals surface area contributed by atoms with Gasteiger partial charge in [-0.3, -0.25) is 0 Å². The Morgan fingerprint density at radius 1 is 0.971 bits per heavy atom. The lowest BCUT2D eigenvalue weighted by Crippen LogP contribution is -2.28. The molecule has 0 saturated heterocycles. The van der Waals surface area contributed by atoms with E-state index in [1.807, 2.05) is 0 Å². The number of alkyl halides is 2. The molecule has 3 aromatic heterocycles. The Balaban J connectivity index is 1.41. The molecule has 4 rings (SSSR count). The SMILES string of the molecule is Cc1nnn(-c2ccc(C(F)F)cc2)c1COc1ccc(-c2cnc(OCC(C)(C)O)nc2)nn1. The van der Waals surface area contributed by atoms with Crippen molar-refractivity contribution in [1.29, 1.82) is 0 Å². The first-order valence-corrected chi connectivity index (χ1v) is 10.6. The molecule has 1 N–H and O–H groups in total. The molecule has 182 valence electrons. The molecule has 0 bridgehead atoms. The number of aromatic nitrogens is 7. The summed E-state index contributed by atoms with van der Waals surface area (Å²) in [6.45, 7) is 5.19. The highest BCUT2D eigenvalue weighted by Gasteiger charge is 2.16. The second kappa shape index (κ2) is 10.1. The number of aryl methyl sites for hydroxylation is 1. The van der Waals surface area contributed by atoms with E-state index in [0.717, 1.165) is 0 Å². The van der Waals surface area contributed by atoms with Crippen LogP contribution in [0.2, 0.25) is 0 Å². The molecule has 0 aliphatic carbocycles. The van der Waals surface area contributed by atoms with Gasteiger partial charge in [-0.2, -0.15) is 0 Å². The van der Waals surface area contributed by atoms with Crippen LogP contribution in [0.4, 0.5) is 8.78 Å². The standard InChI is InChI=1S/C23H23F2N7O3/c1-14-19(32(31-28-14)17-6-4-15(5-7-17)21(24)25)12-34-20-9-8-18(29-30-20)16-10-26-22(27-11-16)35-13-23(2,3)33/h4-11,21,33H,12-13H2,1-3H3. The van der Waals surface area contributed by atoms with E-state index in [0.29, 0.717) is 28.3 Å². The van der Waals surface area contributed by atoms with E-state index in [4.69, 9.17) is 9.47 Å². The molecule has 0 amide bonds. The van der Waals surface area contributed by atoms with Crippen LogP contribution in [0.3, 0.4) is 0 Å². The van der Waals surface area contributed by atoms with Crippen LogP contribution >= 0.6 is 0 Å². The minimum Gasteiger partial charge on any atom is -0.470 e. The predicted molar refractivity (Wildman–Crippen MR) is 120 cm³/mol. The highest BCUT2D eigenvalue weighted by molar-refractivity contribution is 5.56. The Bertz CT molecular complexity index is 1260. The first-order chi connectivity index (χ1) is 16.7. The number of aliphatic hydroxyl groups is 1. The van der Waals surface area contributed by atoms with Gasteiger partial charge in [0.1, 0.15) is 18.9 Å². The number of halogens is 2. The van der Waals surface area contributed by atoms with Crippen molar-refractivity contribution in [2.24, 2.45) is 0 Å². The molecule has 0 spiro atoms. The zero-order valence-electron chi connectivity index (χ0n) is 19.3. The number of benzene rings is 1. The highest BCUT2D eigenvalue weighted by atomic mass is 19.3. The maximum atomic E-state index is 12.8. The van der Waals surface area contributed by atoms with Crippen molar-refractivity contribution in [3.05, 3.63) is 65.7 Å². The molecule has 3 heterocycles. The number of nitrogens with zero attached hydrogens (tertiary/aromatic N) is 7. The Kier molecular flexibility index (Phi) is 6.92. The Hall–Kier alpha value is -4.06. The molecule has 10 nitrogen and oxygen atoms in total. The molecule has 0 saturated carbocycles. The summed E-state index contributed by atoms with van der Waals surface area (Å²) >= 11 is 0. The van der Waals surface area contributed by atoms with Gasteiger partial charge in [0.25, 0.3) is 6.43 Å². The van der Waals surface area contributed by atoms with E-state index < -0.39 is 12.0 Å². The zero-order chi connectivity index (χ0) is 25.0. The quantitative estimate of drug-likeness (QED) is 0.381. The number of hydrogen-bond acceptors (Lipinski definition) is 9. The van der Waals surface area contributed by atoms with Crippen LogP contribution in [0.15, 0.2) is 48.8 Å². The third-order valence-corrected chi connectivity index (χ3v) is 4.82. The average molecular weight is 483 g/mol. The summed E-state index contributed by atoms with van der Waals surface area (Å²) in [6.07, 6.45) is 0.552. The molecule has 0 radical (unpaired) electrons. The highest BCUT2D eigenvalue weighted by Crippen LogP contribution is 2.22. The van der Waals surface area contributed by atoms with Gasteiger partial charge in [-0.1, -0.05) is 17.3 Å². The number of hydrogen-bond donors (Lipinski definition) is 1. The third-order valence-electron chi connectivity index (χ3n) is 4.82. The van der Waals surface area contributed by atoms with Crippen molar-refractivity contribution >= 4 is 0 Å². The topological polar surface area (TPSA) is 121 Å². The molecule has 0 atom stereocenters. The second-order valence-electron chi connectivity index (χ2n) is 8.33. The van der Waals surface area contributed by atoms with Gasteiger partial charge in [0.2, 0.25) is 5.88 Å². The fourth-order valence-electron chi connectivity index (χ4n) is 2.97. The summed E-state index contributed by atoms with van der Waals surface area (Å²) < 4.78 is 38.3. The van der Waals surface area contributed by atoms with E-state index >= 15 is 0 Å². The van der Waals surface area contributed by atoms with Gasteiger partial charge < -0.3 is 14.6 Å². The lowest BCUT2D eigenvalue weighted by atomic mass is 10.2. The van der Waals surface area contributed by atoms with Crippen molar-refractivity contribution in [1.82, 2.24) is 35.2 Å². The molecular formula is C23H23F2N7O3. The Morgan fingerprint density at radius 2 is 1.69 bits per heavy atom. The van der Waals surface area contributed by atoms with Crippen molar-refractivity contribution < 1.29 is 23.4 Å². The number of rotatable bonds is 9. The molecule has 0 unspecified atom stereocenters. The molecule has 12 heteroatoms. The molecule has 0 aliphatic heterocycles. The van der Waals surface area contributed by atoms with Gasteiger partial charge in [-0.25, -0.2) is 23.4 Å². The van der Waals surface area contributed by atoms with Crippen LogP contribution in [0.5, 0.6) is 11.9 Å². The van der Waals surface area contributed by atoms with Crippen molar-refractivity contribution in [3.63, 3.8) is 0 Å². The molecular weight excluding hydrogens is 460 g/mol. The van der Waals surface area contributed by atoms with Gasteiger partial charge in [-0.05, 0) is 39.0 Å². The van der Waals surface area contributed by atoms with Crippen molar-refractivity contribution in [2.45, 2.75) is 39.4 Å². The summed E-state index contributed by atoms with van der Waals surface area (Å²) in [5.74, 6) is 0.278. The second-order valence-corrected chi connectivity index (χ2v) is 8.33. The van der Waals surface area contributed by atoms with E-state index in [2.05, 4.69) is 30.5 Å². The average Bonchev–Trinajstić information content (AvgIpc) is 3.22. The van der Waals surface area contributed by atoms with Crippen LogP contribution < -0.4 is 9.47 Å². The lowest BCUT2D eigenvalue weighted by molar-refractivity contribution is 0.0250. The van der Waals surface area contributed by atoms with E-state index in [1.165, 1.54) is 16.8 Å². The van der Waals surface area contributed by atoms with Crippen LogP contribution in [-0.2, 0) is 6.61 Å². The minimum absolute atomic E-state index is 0.0626. The molecule has 1 aromatic carbocycles. The number of ether oxygens (including phenoxy) is 2. The predicted octanol–water partition coefficient (Wildman–Crippen LogP) is 3.49. The van der Waals surface area contributed by atoms with E-state index in [9.17, 15) is 13.9 Å². The van der Waals surface area contributed by atoms with E-state index in [-0.39, 0.29) is 30.7 Å². The molecule has 4 aromatic rings. The smallest absolute Gasteiger partial charge is 0.316 e. The van der Waals surface area contributed by atoms with Gasteiger partial charge >= 0.3 is 6.01 Å². The minimum atomic E-state index is -2.54. The molecule has 35 heavy (non-hydrogen) atoms. The van der Waals surface area contributed by atoms with Crippen LogP contribution in [0, 0.1) is 6.92 Å². The van der Waals surface area contributed by atoms with Crippen LogP contribution in [0.25, 0.3) is 16.9 Å². The van der Waals surface area contributed by atoms with Gasteiger partial charge in [0.05, 0.1) is 22.7 Å². The largest absolute Gasteiger partial charge is 0.470 e. The summed E-state index contributed by atoms with van der Waals surface area (Å²) in [5.41, 5.74) is 1.98. The molecule has 0 aliphatic rings. The Morgan fingerprint density at radius 3 is 2.29 bits per heavy atom. The maximum absolute atomic E-state index is 12.8. The van der Waals surface area contributed by atoms with Gasteiger partial charge in [0, 0.05) is 29.6 Å². The summed E-state index contributed by atoms with van der Waals surface area (Å²) in [7, 11) is 0. The van der Waals surface area contributed by atoms with Crippen LogP contribution in [0.1, 0.15) is 37.2 Å². The summed E-state index contributed by atoms with van der Waals surface area (Å²) in [4.78, 5) is 8.22. The van der Waals surface area contributed by atoms with Crippen molar-refractivity contribution in [3.8, 4) is 28.8 Å². The summed E-state index contributed by atoms with van der Waals surface area (Å²) in [5, 5.41) is 26.1. The van der Waals surface area contributed by atoms with Crippen LogP contribution in [-0.4, -0.2) is 52.5 Å². The fraction of sp³-hybridized carbons (Fsp3) is 0.304. The fourth-order valence-corrected chi connectivity index (χ4v) is 2.97. The zero-order valence-corrected chi connectivity index (χ0v) is 19.3. The van der Waals surface area contributed by atoms with E-state index in [1.54, 1.807) is 57.4 Å². The Labute approximate surface area is 199 Å².